The van der Waals surface area contributed by atoms with E-state index in [1.807, 2.05) is 0 Å². The molecule has 1 heterocycles. The van der Waals surface area contributed by atoms with Crippen LogP contribution in [0.1, 0.15) is 6.92 Å². The van der Waals surface area contributed by atoms with Gasteiger partial charge in [-0.2, -0.15) is 13.2 Å². The molecule has 0 aromatic rings. The van der Waals surface area contributed by atoms with Crippen LogP contribution in [0.4, 0.5) is 13.2 Å². The third-order valence-corrected chi connectivity index (χ3v) is 2.74. The number of carbonyl (C=O) groups is 1. The molecular weight excluding hydrogens is 199 g/mol. The van der Waals surface area contributed by atoms with Gasteiger partial charge in [0, 0.05) is 13.1 Å². The van der Waals surface area contributed by atoms with Crippen LogP contribution in [-0.2, 0) is 9.53 Å². The zero-order valence-electron chi connectivity index (χ0n) is 7.94. The molecule has 1 rings (SSSR count). The van der Waals surface area contributed by atoms with Crippen LogP contribution in [0.5, 0.6) is 0 Å². The lowest BCUT2D eigenvalue weighted by Gasteiger charge is -2.30. The number of nitrogens with one attached hydrogen (secondary N) is 1. The van der Waals surface area contributed by atoms with Gasteiger partial charge in [0.05, 0.1) is 18.4 Å². The van der Waals surface area contributed by atoms with Crippen LogP contribution in [-0.4, -0.2) is 32.3 Å². The van der Waals surface area contributed by atoms with E-state index in [1.54, 1.807) is 0 Å². The van der Waals surface area contributed by atoms with Crippen LogP contribution in [0.25, 0.3) is 0 Å². The zero-order valence-corrected chi connectivity index (χ0v) is 7.94. The minimum atomic E-state index is -4.39. The van der Waals surface area contributed by atoms with Crippen molar-refractivity contribution in [3.63, 3.8) is 0 Å². The number of carbonyl (C=O) groups excluding carboxylic acids is 1. The number of halogens is 3. The van der Waals surface area contributed by atoms with Gasteiger partial charge in [-0.25, -0.2) is 0 Å². The Hall–Kier alpha value is -0.780. The van der Waals surface area contributed by atoms with Crippen molar-refractivity contribution >= 4 is 5.97 Å². The van der Waals surface area contributed by atoms with Gasteiger partial charge < -0.3 is 10.1 Å². The molecule has 82 valence electrons. The molecule has 0 aliphatic carbocycles. The minimum Gasteiger partial charge on any atom is -0.469 e. The largest absolute Gasteiger partial charge is 0.469 e. The third-order valence-electron chi connectivity index (χ3n) is 2.74. The maximum Gasteiger partial charge on any atom is 0.396 e. The van der Waals surface area contributed by atoms with Crippen LogP contribution >= 0.6 is 0 Å². The average molecular weight is 211 g/mol. The first kappa shape index (κ1) is 11.3. The number of hydrogen-bond acceptors (Lipinski definition) is 3. The van der Waals surface area contributed by atoms with E-state index in [-0.39, 0.29) is 13.1 Å². The zero-order chi connectivity index (χ0) is 11.0. The van der Waals surface area contributed by atoms with Crippen molar-refractivity contribution in [3.8, 4) is 0 Å². The van der Waals surface area contributed by atoms with Gasteiger partial charge in [0.25, 0.3) is 0 Å². The first-order valence-corrected chi connectivity index (χ1v) is 4.18. The van der Waals surface area contributed by atoms with Crippen LogP contribution in [0.2, 0.25) is 0 Å². The summed E-state index contributed by atoms with van der Waals surface area (Å²) in [6.45, 7) is 0.813. The molecular formula is C8H12F3NO2. The number of esters is 1. The average Bonchev–Trinajstić information content (AvgIpc) is 2.46. The van der Waals surface area contributed by atoms with E-state index >= 15 is 0 Å². The molecule has 1 aliphatic rings. The van der Waals surface area contributed by atoms with Crippen molar-refractivity contribution in [2.75, 3.05) is 20.2 Å². The second-order valence-corrected chi connectivity index (χ2v) is 3.62. The number of ether oxygens (including phenoxy) is 1. The quantitative estimate of drug-likeness (QED) is 0.656. The number of hydrogen-bond donors (Lipinski definition) is 1. The lowest BCUT2D eigenvalue weighted by molar-refractivity contribution is -0.227. The molecule has 3 nitrogen and oxygen atoms in total. The molecule has 0 saturated carbocycles. The molecule has 1 aliphatic heterocycles. The summed E-state index contributed by atoms with van der Waals surface area (Å²) < 4.78 is 42.3. The molecule has 0 unspecified atom stereocenters. The van der Waals surface area contributed by atoms with Gasteiger partial charge >= 0.3 is 12.1 Å². The summed E-state index contributed by atoms with van der Waals surface area (Å²) in [5, 5.41) is 2.56. The summed E-state index contributed by atoms with van der Waals surface area (Å²) in [6.07, 6.45) is -4.39. The molecule has 0 radical (unpaired) electrons. The fourth-order valence-corrected chi connectivity index (χ4v) is 1.61. The van der Waals surface area contributed by atoms with Gasteiger partial charge in [-0.3, -0.25) is 4.79 Å². The topological polar surface area (TPSA) is 38.3 Å². The Morgan fingerprint density at radius 1 is 1.57 bits per heavy atom. The Morgan fingerprint density at radius 2 is 2.14 bits per heavy atom. The van der Waals surface area contributed by atoms with Crippen molar-refractivity contribution in [1.29, 1.82) is 0 Å². The van der Waals surface area contributed by atoms with Crippen molar-refractivity contribution < 1.29 is 22.7 Å². The van der Waals surface area contributed by atoms with Gasteiger partial charge in [0.1, 0.15) is 0 Å². The van der Waals surface area contributed by atoms with Crippen molar-refractivity contribution in [3.05, 3.63) is 0 Å². The predicted octanol–water partition coefficient (Wildman–Crippen LogP) is 0.947. The highest BCUT2D eigenvalue weighted by molar-refractivity contribution is 5.74. The van der Waals surface area contributed by atoms with Crippen LogP contribution in [0, 0.1) is 11.3 Å². The lowest BCUT2D eigenvalue weighted by Crippen LogP contribution is -2.45. The van der Waals surface area contributed by atoms with Crippen molar-refractivity contribution in [1.82, 2.24) is 5.32 Å². The van der Waals surface area contributed by atoms with Gasteiger partial charge in [-0.15, -0.1) is 0 Å². The molecule has 14 heavy (non-hydrogen) atoms. The molecule has 1 fully saturated rings. The summed E-state index contributed by atoms with van der Waals surface area (Å²) in [5.41, 5.74) is -2.01. The van der Waals surface area contributed by atoms with Crippen molar-refractivity contribution in [2.45, 2.75) is 13.1 Å². The van der Waals surface area contributed by atoms with E-state index in [0.717, 1.165) is 14.0 Å². The maximum absolute atomic E-state index is 12.6. The summed E-state index contributed by atoms with van der Waals surface area (Å²) in [7, 11) is 1.09. The molecule has 0 aromatic heterocycles. The highest BCUT2D eigenvalue weighted by Crippen LogP contribution is 2.46. The number of rotatable bonds is 1. The predicted molar refractivity (Wildman–Crippen MR) is 42.5 cm³/mol. The molecule has 0 spiro atoms. The molecule has 0 bridgehead atoms. The third kappa shape index (κ3) is 1.58. The molecule has 1 N–H and O–H groups in total. The first-order chi connectivity index (χ1) is 6.33. The van der Waals surface area contributed by atoms with E-state index in [2.05, 4.69) is 10.1 Å². The molecule has 0 amide bonds. The molecule has 0 aromatic carbocycles. The number of methoxy groups -OCH3 is 1. The Labute approximate surface area is 79.6 Å². The van der Waals surface area contributed by atoms with Crippen LogP contribution < -0.4 is 5.32 Å². The smallest absolute Gasteiger partial charge is 0.396 e. The van der Waals surface area contributed by atoms with Crippen molar-refractivity contribution in [2.24, 2.45) is 11.3 Å². The SMILES string of the molecule is COC(=O)[C@@H]1CNC[C@]1(C)C(F)(F)F. The van der Waals surface area contributed by atoms with Gasteiger partial charge in [-0.05, 0) is 6.92 Å². The second kappa shape index (κ2) is 3.42. The van der Waals surface area contributed by atoms with E-state index in [1.165, 1.54) is 0 Å². The second-order valence-electron chi connectivity index (χ2n) is 3.62. The van der Waals surface area contributed by atoms with Gasteiger partial charge in [-0.1, -0.05) is 0 Å². The highest BCUT2D eigenvalue weighted by atomic mass is 19.4. The fraction of sp³-hybridized carbons (Fsp3) is 0.875. The molecule has 2 atom stereocenters. The van der Waals surface area contributed by atoms with Crippen LogP contribution in [0.15, 0.2) is 0 Å². The standard InChI is InChI=1S/C8H12F3NO2/c1-7(8(9,10)11)4-12-3-5(7)6(13)14-2/h5,12H,3-4H2,1-2H3/t5-,7-/m0/s1. The lowest BCUT2D eigenvalue weighted by atomic mass is 9.79. The summed E-state index contributed by atoms with van der Waals surface area (Å²) in [5.74, 6) is -1.96. The Bertz CT molecular complexity index is 241. The first-order valence-electron chi connectivity index (χ1n) is 4.18. The maximum atomic E-state index is 12.6. The Kier molecular flexibility index (Phi) is 2.76. The van der Waals surface area contributed by atoms with Gasteiger partial charge in [0.15, 0.2) is 0 Å². The molecule has 6 heteroatoms. The normalized spacial score (nSPS) is 33.1. The van der Waals surface area contributed by atoms with E-state index in [4.69, 9.17) is 0 Å². The minimum absolute atomic E-state index is 0.0166. The Morgan fingerprint density at radius 3 is 2.57 bits per heavy atom. The van der Waals surface area contributed by atoms with E-state index < -0.39 is 23.5 Å². The molecule has 1 saturated heterocycles. The highest BCUT2D eigenvalue weighted by Gasteiger charge is 2.60. The number of alkyl halides is 3. The van der Waals surface area contributed by atoms with E-state index in [9.17, 15) is 18.0 Å². The van der Waals surface area contributed by atoms with Gasteiger partial charge in [0.2, 0.25) is 0 Å². The summed E-state index contributed by atoms with van der Waals surface area (Å²) in [4.78, 5) is 11.1. The fourth-order valence-electron chi connectivity index (χ4n) is 1.61. The summed E-state index contributed by atoms with van der Waals surface area (Å²) in [6, 6.07) is 0. The Balaban J connectivity index is 2.92. The summed E-state index contributed by atoms with van der Waals surface area (Å²) >= 11 is 0. The monoisotopic (exact) mass is 211 g/mol. The van der Waals surface area contributed by atoms with Crippen LogP contribution in [0.3, 0.4) is 0 Å². The van der Waals surface area contributed by atoms with E-state index in [0.29, 0.717) is 0 Å².